The zero-order valence-electron chi connectivity index (χ0n) is 18.6. The summed E-state index contributed by atoms with van der Waals surface area (Å²) in [5.74, 6) is -0.327. The van der Waals surface area contributed by atoms with Crippen LogP contribution in [-0.2, 0) is 9.59 Å². The highest BCUT2D eigenvalue weighted by molar-refractivity contribution is 8.01. The lowest BCUT2D eigenvalue weighted by Gasteiger charge is -2.19. The summed E-state index contributed by atoms with van der Waals surface area (Å²) in [6, 6.07) is 26.7. The van der Waals surface area contributed by atoms with E-state index in [-0.39, 0.29) is 28.9 Å². The number of rotatable bonds is 5. The van der Waals surface area contributed by atoms with Gasteiger partial charge < -0.3 is 0 Å². The number of thioether (sulfide) groups is 1. The van der Waals surface area contributed by atoms with Gasteiger partial charge in [-0.15, -0.1) is 11.3 Å². The van der Waals surface area contributed by atoms with Gasteiger partial charge in [0.1, 0.15) is 0 Å². The third-order valence-electron chi connectivity index (χ3n) is 6.88. The molecular weight excluding hydrogens is 460 g/mol. The zero-order valence-corrected chi connectivity index (χ0v) is 20.2. The minimum atomic E-state index is -0.137. The number of thiazole rings is 1. The van der Waals surface area contributed by atoms with E-state index in [1.807, 2.05) is 30.3 Å². The van der Waals surface area contributed by atoms with Crippen molar-refractivity contribution in [3.63, 3.8) is 0 Å². The van der Waals surface area contributed by atoms with Crippen LogP contribution in [0, 0.1) is 11.8 Å². The molecule has 2 amide bonds. The Morgan fingerprint density at radius 1 is 0.824 bits per heavy atom. The lowest BCUT2D eigenvalue weighted by molar-refractivity contribution is -0.122. The molecule has 1 aliphatic carbocycles. The Balaban J connectivity index is 1.32. The second-order valence-electron chi connectivity index (χ2n) is 8.96. The summed E-state index contributed by atoms with van der Waals surface area (Å²) in [7, 11) is 0. The zero-order chi connectivity index (χ0) is 23.1. The Morgan fingerprint density at radius 2 is 1.41 bits per heavy atom. The van der Waals surface area contributed by atoms with Crippen molar-refractivity contribution < 1.29 is 9.59 Å². The molecule has 6 heteroatoms. The fraction of sp³-hybridized carbons (Fsp3) is 0.250. The number of amides is 2. The van der Waals surface area contributed by atoms with Gasteiger partial charge in [0.25, 0.3) is 0 Å². The van der Waals surface area contributed by atoms with Crippen molar-refractivity contribution in [3.8, 4) is 0 Å². The Hall–Kier alpha value is -2.96. The maximum Gasteiger partial charge on any atom is 0.237 e. The molecule has 1 aliphatic heterocycles. The number of hydrogen-bond acceptors (Lipinski definition) is 5. The molecule has 0 bridgehead atoms. The van der Waals surface area contributed by atoms with Gasteiger partial charge in [-0.25, -0.2) is 4.98 Å². The van der Waals surface area contributed by atoms with Crippen molar-refractivity contribution in [1.29, 1.82) is 0 Å². The van der Waals surface area contributed by atoms with Crippen LogP contribution >= 0.6 is 23.1 Å². The number of benzene rings is 3. The third-order valence-corrected chi connectivity index (χ3v) is 9.30. The van der Waals surface area contributed by atoms with Gasteiger partial charge in [-0.1, -0.05) is 85.3 Å². The van der Waals surface area contributed by atoms with E-state index in [9.17, 15) is 9.59 Å². The minimum Gasteiger partial charge on any atom is -0.274 e. The quantitative estimate of drug-likeness (QED) is 0.229. The summed E-state index contributed by atoms with van der Waals surface area (Å²) >= 11 is 3.35. The van der Waals surface area contributed by atoms with E-state index in [1.165, 1.54) is 16.0 Å². The summed E-state index contributed by atoms with van der Waals surface area (Å²) in [6.45, 7) is 0. The highest BCUT2D eigenvalue weighted by Gasteiger charge is 2.48. The van der Waals surface area contributed by atoms with E-state index in [1.54, 1.807) is 23.1 Å². The van der Waals surface area contributed by atoms with E-state index in [4.69, 9.17) is 4.98 Å². The van der Waals surface area contributed by atoms with Gasteiger partial charge in [0.2, 0.25) is 11.8 Å². The van der Waals surface area contributed by atoms with Gasteiger partial charge in [-0.2, -0.15) is 0 Å². The van der Waals surface area contributed by atoms with Gasteiger partial charge in [-0.3, -0.25) is 14.5 Å². The van der Waals surface area contributed by atoms with E-state index in [2.05, 4.69) is 48.5 Å². The molecule has 0 spiro atoms. The van der Waals surface area contributed by atoms with E-state index >= 15 is 0 Å². The van der Waals surface area contributed by atoms with Crippen LogP contribution in [0.1, 0.15) is 42.1 Å². The standard InChI is InChI=1S/C28H24N2O2S2/c31-26-21-13-7-8-14-22(21)27(32)30(26)20-15-16-23-24(17-20)33-28(29-23)34-25(18-9-3-1-4-10-18)19-11-5-2-6-12-19/h1-6,9-12,15-17,21-22,25H,7-8,13-14H2/t21-,22+. The molecule has 2 fully saturated rings. The molecule has 3 aromatic carbocycles. The van der Waals surface area contributed by atoms with Crippen LogP contribution in [0.2, 0.25) is 0 Å². The van der Waals surface area contributed by atoms with Crippen LogP contribution in [0.5, 0.6) is 0 Å². The van der Waals surface area contributed by atoms with Gasteiger partial charge in [0.05, 0.1) is 33.0 Å². The molecule has 0 N–H and O–H groups in total. The van der Waals surface area contributed by atoms with Gasteiger partial charge in [0, 0.05) is 0 Å². The second kappa shape index (κ2) is 9.01. The monoisotopic (exact) mass is 484 g/mol. The number of imide groups is 1. The fourth-order valence-corrected chi connectivity index (χ4v) is 7.60. The van der Waals surface area contributed by atoms with Gasteiger partial charge in [0.15, 0.2) is 4.34 Å². The van der Waals surface area contributed by atoms with Gasteiger partial charge >= 0.3 is 0 Å². The number of carbonyl (C=O) groups excluding carboxylic acids is 2. The number of aromatic nitrogens is 1. The Bertz CT molecular complexity index is 1290. The van der Waals surface area contributed by atoms with Crippen LogP contribution in [0.3, 0.4) is 0 Å². The Kier molecular flexibility index (Phi) is 5.71. The Labute approximate surface area is 207 Å². The summed E-state index contributed by atoms with van der Waals surface area (Å²) in [5.41, 5.74) is 4.04. The van der Waals surface area contributed by atoms with Crippen molar-refractivity contribution in [3.05, 3.63) is 90.0 Å². The van der Waals surface area contributed by atoms with E-state index in [0.29, 0.717) is 5.69 Å². The lowest BCUT2D eigenvalue weighted by atomic mass is 9.81. The molecule has 1 aromatic heterocycles. The summed E-state index contributed by atoms with van der Waals surface area (Å²) in [6.07, 6.45) is 3.73. The first-order chi connectivity index (χ1) is 16.7. The maximum absolute atomic E-state index is 13.0. The Morgan fingerprint density at radius 3 is 2.00 bits per heavy atom. The molecule has 1 saturated carbocycles. The highest BCUT2D eigenvalue weighted by Crippen LogP contribution is 2.45. The predicted octanol–water partition coefficient (Wildman–Crippen LogP) is 6.86. The van der Waals surface area contributed by atoms with Crippen molar-refractivity contribution >= 4 is 50.8 Å². The molecule has 0 unspecified atom stereocenters. The average molecular weight is 485 g/mol. The largest absolute Gasteiger partial charge is 0.274 e. The number of fused-ring (bicyclic) bond motifs is 2. The first kappa shape index (κ1) is 21.6. The molecule has 1 saturated heterocycles. The van der Waals surface area contributed by atoms with Crippen LogP contribution in [0.15, 0.2) is 83.2 Å². The first-order valence-corrected chi connectivity index (χ1v) is 13.4. The third kappa shape index (κ3) is 3.85. The number of nitrogens with zero attached hydrogens (tertiary/aromatic N) is 2. The molecular formula is C28H24N2O2S2. The number of hydrogen-bond donors (Lipinski definition) is 0. The molecule has 2 atom stereocenters. The van der Waals surface area contributed by atoms with Crippen LogP contribution in [0.4, 0.5) is 5.69 Å². The molecule has 34 heavy (non-hydrogen) atoms. The first-order valence-electron chi connectivity index (χ1n) is 11.7. The lowest BCUT2D eigenvalue weighted by Crippen LogP contribution is -2.30. The molecule has 2 heterocycles. The van der Waals surface area contributed by atoms with Crippen molar-refractivity contribution in [2.75, 3.05) is 4.90 Å². The van der Waals surface area contributed by atoms with Gasteiger partial charge in [-0.05, 0) is 42.2 Å². The molecule has 4 aromatic rings. The molecule has 4 nitrogen and oxygen atoms in total. The highest BCUT2D eigenvalue weighted by atomic mass is 32.2. The SMILES string of the molecule is O=C1[C@H]2CCCC[C@H]2C(=O)N1c1ccc2nc(SC(c3ccccc3)c3ccccc3)sc2c1. The minimum absolute atomic E-state index is 0.0265. The van der Waals surface area contributed by atoms with Crippen LogP contribution in [0.25, 0.3) is 10.2 Å². The normalized spacial score (nSPS) is 20.3. The molecule has 0 radical (unpaired) electrons. The van der Waals surface area contributed by atoms with E-state index < -0.39 is 0 Å². The predicted molar refractivity (Wildman–Crippen MR) is 138 cm³/mol. The smallest absolute Gasteiger partial charge is 0.237 e. The molecule has 2 aliphatic rings. The van der Waals surface area contributed by atoms with E-state index in [0.717, 1.165) is 40.2 Å². The van der Waals surface area contributed by atoms with Crippen molar-refractivity contribution in [2.45, 2.75) is 35.3 Å². The van der Waals surface area contributed by atoms with Crippen molar-refractivity contribution in [2.24, 2.45) is 11.8 Å². The van der Waals surface area contributed by atoms with Crippen molar-refractivity contribution in [1.82, 2.24) is 4.98 Å². The number of carbonyl (C=O) groups is 2. The number of anilines is 1. The topological polar surface area (TPSA) is 50.3 Å². The summed E-state index contributed by atoms with van der Waals surface area (Å²) < 4.78 is 1.97. The maximum atomic E-state index is 13.0. The fourth-order valence-electron chi connectivity index (χ4n) is 5.18. The van der Waals surface area contributed by atoms with Crippen LogP contribution in [-0.4, -0.2) is 16.8 Å². The second-order valence-corrected chi connectivity index (χ2v) is 11.3. The average Bonchev–Trinajstić information content (AvgIpc) is 3.41. The summed E-state index contributed by atoms with van der Waals surface area (Å²) in [5, 5.41) is 0.132. The van der Waals surface area contributed by atoms with Crippen LogP contribution < -0.4 is 4.90 Å². The molecule has 170 valence electrons. The molecule has 6 rings (SSSR count). The summed E-state index contributed by atoms with van der Waals surface area (Å²) in [4.78, 5) is 32.4.